The molecule has 1 N–H and O–H groups in total. The number of aryl methyl sites for hydroxylation is 2. The van der Waals surface area contributed by atoms with Gasteiger partial charge in [-0.15, -0.1) is 0 Å². The summed E-state index contributed by atoms with van der Waals surface area (Å²) in [6.07, 6.45) is 11.4. The van der Waals surface area contributed by atoms with E-state index >= 15 is 0 Å². The lowest BCUT2D eigenvalue weighted by Gasteiger charge is -2.45. The van der Waals surface area contributed by atoms with Crippen molar-refractivity contribution in [1.29, 1.82) is 0 Å². The molecule has 3 aliphatic rings. The second kappa shape index (κ2) is 11.0. The van der Waals surface area contributed by atoms with Crippen LogP contribution in [-0.4, -0.2) is 60.8 Å². The number of methoxy groups -OCH3 is 1. The van der Waals surface area contributed by atoms with Gasteiger partial charge in [-0.05, 0) is 95.3 Å². The molecule has 3 heterocycles. The molecular weight excluding hydrogens is 440 g/mol. The number of phenolic OH excluding ortho intramolecular Hbond substituents is 1. The lowest BCUT2D eigenvalue weighted by molar-refractivity contribution is 0.0372. The van der Waals surface area contributed by atoms with E-state index in [1.165, 1.54) is 45.2 Å². The fraction of sp³-hybridized carbons (Fsp3) is 0.690. The van der Waals surface area contributed by atoms with Crippen molar-refractivity contribution in [1.82, 2.24) is 9.80 Å². The zero-order chi connectivity index (χ0) is 24.4. The molecule has 2 aliphatic heterocycles. The first kappa shape index (κ1) is 24.8. The highest BCUT2D eigenvalue weighted by molar-refractivity contribution is 5.87. The Kier molecular flexibility index (Phi) is 7.80. The van der Waals surface area contributed by atoms with Crippen molar-refractivity contribution in [3.63, 3.8) is 0 Å². The van der Waals surface area contributed by atoms with Gasteiger partial charge in [0.05, 0.1) is 0 Å². The summed E-state index contributed by atoms with van der Waals surface area (Å²) in [5, 5.41) is 12.2. The molecule has 1 aromatic heterocycles. The number of phenols is 1. The van der Waals surface area contributed by atoms with Gasteiger partial charge in [0.25, 0.3) is 0 Å². The average Bonchev–Trinajstić information content (AvgIpc) is 2.88. The summed E-state index contributed by atoms with van der Waals surface area (Å²) >= 11 is 0. The molecule has 0 amide bonds. The normalized spacial score (nSPS) is 22.9. The van der Waals surface area contributed by atoms with Gasteiger partial charge in [-0.3, -0.25) is 4.90 Å². The van der Waals surface area contributed by atoms with Gasteiger partial charge in [-0.25, -0.2) is 4.79 Å². The number of hydrogen-bond donors (Lipinski definition) is 1. The number of rotatable bonds is 8. The van der Waals surface area contributed by atoms with Crippen molar-refractivity contribution in [2.45, 2.75) is 83.7 Å². The van der Waals surface area contributed by atoms with Crippen molar-refractivity contribution in [2.24, 2.45) is 5.92 Å². The van der Waals surface area contributed by atoms with Crippen molar-refractivity contribution >= 4 is 11.0 Å². The molecule has 6 heteroatoms. The van der Waals surface area contributed by atoms with Gasteiger partial charge < -0.3 is 19.2 Å². The van der Waals surface area contributed by atoms with Gasteiger partial charge in [0.15, 0.2) is 0 Å². The van der Waals surface area contributed by atoms with Crippen LogP contribution in [-0.2, 0) is 24.1 Å². The molecule has 2 aromatic rings. The Morgan fingerprint density at radius 1 is 1.11 bits per heavy atom. The molecule has 1 aromatic carbocycles. The van der Waals surface area contributed by atoms with Crippen LogP contribution in [0, 0.1) is 12.8 Å². The Morgan fingerprint density at radius 3 is 2.74 bits per heavy atom. The number of fused-ring (bicyclic) bond motifs is 4. The van der Waals surface area contributed by atoms with E-state index in [4.69, 9.17) is 9.15 Å². The Bertz CT molecular complexity index is 1090. The molecule has 192 valence electrons. The quantitative estimate of drug-likeness (QED) is 0.431. The molecule has 2 fully saturated rings. The molecular formula is C29H42N2O4. The Labute approximate surface area is 209 Å². The van der Waals surface area contributed by atoms with Crippen LogP contribution in [0.1, 0.15) is 73.6 Å². The van der Waals surface area contributed by atoms with Crippen molar-refractivity contribution in [3.8, 4) is 5.75 Å². The molecule has 0 radical (unpaired) electrons. The van der Waals surface area contributed by atoms with Crippen molar-refractivity contribution < 1.29 is 14.3 Å². The smallest absolute Gasteiger partial charge is 0.339 e. The van der Waals surface area contributed by atoms with Crippen LogP contribution in [0.4, 0.5) is 0 Å². The van der Waals surface area contributed by atoms with E-state index in [2.05, 4.69) is 15.9 Å². The lowest BCUT2D eigenvalue weighted by atomic mass is 9.83. The number of nitrogens with zero attached hydrogens (tertiary/aromatic N) is 2. The number of hydrogen-bond acceptors (Lipinski definition) is 6. The van der Waals surface area contributed by atoms with E-state index in [0.717, 1.165) is 73.9 Å². The Morgan fingerprint density at radius 2 is 1.91 bits per heavy atom. The minimum Gasteiger partial charge on any atom is -0.507 e. The van der Waals surface area contributed by atoms with E-state index in [-0.39, 0.29) is 11.4 Å². The van der Waals surface area contributed by atoms with Crippen LogP contribution >= 0.6 is 0 Å². The number of aromatic hydroxyl groups is 1. The highest BCUT2D eigenvalue weighted by Gasteiger charge is 2.34. The predicted octanol–water partition coefficient (Wildman–Crippen LogP) is 4.79. The highest BCUT2D eigenvalue weighted by Crippen LogP contribution is 2.36. The summed E-state index contributed by atoms with van der Waals surface area (Å²) in [4.78, 5) is 17.9. The van der Waals surface area contributed by atoms with Gasteiger partial charge >= 0.3 is 5.63 Å². The maximum Gasteiger partial charge on any atom is 0.339 e. The first-order valence-corrected chi connectivity index (χ1v) is 13.8. The third-order valence-corrected chi connectivity index (χ3v) is 8.74. The molecule has 2 atom stereocenters. The monoisotopic (exact) mass is 482 g/mol. The van der Waals surface area contributed by atoms with E-state index in [9.17, 15) is 9.90 Å². The topological polar surface area (TPSA) is 66.1 Å². The summed E-state index contributed by atoms with van der Waals surface area (Å²) in [5.41, 5.74) is 3.96. The first-order valence-electron chi connectivity index (χ1n) is 13.8. The van der Waals surface area contributed by atoms with E-state index < -0.39 is 0 Å². The molecule has 0 saturated carbocycles. The number of benzene rings is 1. The molecule has 2 unspecified atom stereocenters. The fourth-order valence-electron chi connectivity index (χ4n) is 6.95. The van der Waals surface area contributed by atoms with Crippen LogP contribution in [0.3, 0.4) is 0 Å². The summed E-state index contributed by atoms with van der Waals surface area (Å²) in [5.74, 6) is 0.956. The Hall–Kier alpha value is -1.89. The summed E-state index contributed by atoms with van der Waals surface area (Å²) in [6, 6.07) is 2.82. The van der Waals surface area contributed by atoms with E-state index in [1.54, 1.807) is 7.11 Å². The zero-order valence-electron chi connectivity index (χ0n) is 21.6. The number of ether oxygens (including phenoxy) is 1. The second-order valence-electron chi connectivity index (χ2n) is 11.0. The summed E-state index contributed by atoms with van der Waals surface area (Å²) in [6.45, 7) is 7.87. The SMILES string of the molecule is COCCCN(Cc1cc2c3c(c(=O)oc2c(C)c1O)CCCC3)CC1CCCN2CCCCC12. The fourth-order valence-corrected chi connectivity index (χ4v) is 6.95. The van der Waals surface area contributed by atoms with Gasteiger partial charge in [-0.1, -0.05) is 6.42 Å². The molecule has 35 heavy (non-hydrogen) atoms. The molecule has 0 bridgehead atoms. The summed E-state index contributed by atoms with van der Waals surface area (Å²) in [7, 11) is 1.76. The van der Waals surface area contributed by atoms with Crippen molar-refractivity contribution in [2.75, 3.05) is 39.9 Å². The van der Waals surface area contributed by atoms with E-state index in [1.807, 2.05) is 6.92 Å². The van der Waals surface area contributed by atoms with Gasteiger partial charge in [0, 0.05) is 61.5 Å². The van der Waals surface area contributed by atoms with E-state index in [0.29, 0.717) is 29.7 Å². The molecule has 2 saturated heterocycles. The first-order chi connectivity index (χ1) is 17.1. The highest BCUT2D eigenvalue weighted by atomic mass is 16.5. The van der Waals surface area contributed by atoms with Crippen LogP contribution in [0.2, 0.25) is 0 Å². The van der Waals surface area contributed by atoms with Crippen LogP contribution < -0.4 is 5.63 Å². The Balaban J connectivity index is 1.44. The third kappa shape index (κ3) is 5.16. The molecule has 5 rings (SSSR count). The van der Waals surface area contributed by atoms with Crippen molar-refractivity contribution in [3.05, 3.63) is 38.7 Å². The van der Waals surface area contributed by atoms with Gasteiger partial charge in [0.1, 0.15) is 11.3 Å². The largest absolute Gasteiger partial charge is 0.507 e. The van der Waals surface area contributed by atoms with Gasteiger partial charge in [0.2, 0.25) is 0 Å². The summed E-state index contributed by atoms with van der Waals surface area (Å²) < 4.78 is 11.1. The standard InChI is InChI=1S/C29H42N2O4/c1-20-27(32)22(17-25-23-10-3-4-11-24(23)29(33)35-28(20)25)19-30(13-8-16-34-2)18-21-9-7-15-31-14-6-5-12-26(21)31/h17,21,26,32H,3-16,18-19H2,1-2H3. The van der Waals surface area contributed by atoms with Crippen LogP contribution in [0.15, 0.2) is 15.3 Å². The average molecular weight is 483 g/mol. The van der Waals surface area contributed by atoms with Crippen LogP contribution in [0.5, 0.6) is 5.75 Å². The maximum absolute atomic E-state index is 12.6. The number of piperidine rings is 2. The minimum absolute atomic E-state index is 0.224. The third-order valence-electron chi connectivity index (χ3n) is 8.74. The minimum atomic E-state index is -0.224. The van der Waals surface area contributed by atoms with Gasteiger partial charge in [-0.2, -0.15) is 0 Å². The lowest BCUT2D eigenvalue weighted by Crippen LogP contribution is -2.51. The van der Waals surface area contributed by atoms with Crippen LogP contribution in [0.25, 0.3) is 11.0 Å². The molecule has 1 aliphatic carbocycles. The second-order valence-corrected chi connectivity index (χ2v) is 11.0. The zero-order valence-corrected chi connectivity index (χ0v) is 21.6. The predicted molar refractivity (Wildman–Crippen MR) is 139 cm³/mol. The molecule has 6 nitrogen and oxygen atoms in total. The maximum atomic E-state index is 12.6. The molecule has 0 spiro atoms.